The van der Waals surface area contributed by atoms with E-state index in [1.54, 1.807) is 25.4 Å². The van der Waals surface area contributed by atoms with Crippen molar-refractivity contribution in [3.8, 4) is 5.88 Å². The quantitative estimate of drug-likeness (QED) is 0.713. The van der Waals surface area contributed by atoms with Gasteiger partial charge in [0.15, 0.2) is 0 Å². The van der Waals surface area contributed by atoms with Crippen molar-refractivity contribution in [3.63, 3.8) is 0 Å². The van der Waals surface area contributed by atoms with Gasteiger partial charge in [0, 0.05) is 12.3 Å². The Kier molecular flexibility index (Phi) is 1.94. The van der Waals surface area contributed by atoms with E-state index in [2.05, 4.69) is 4.98 Å². The molecule has 1 fully saturated rings. The molecule has 4 heteroatoms. The zero-order valence-corrected chi connectivity index (χ0v) is 7.36. The summed E-state index contributed by atoms with van der Waals surface area (Å²) < 4.78 is 9.91. The fraction of sp³-hybridized carbons (Fsp3) is 0.444. The molecule has 1 N–H and O–H groups in total. The van der Waals surface area contributed by atoms with Crippen LogP contribution in [0.25, 0.3) is 0 Å². The van der Waals surface area contributed by atoms with Crippen molar-refractivity contribution in [1.82, 2.24) is 4.98 Å². The smallest absolute Gasteiger partial charge is 0.213 e. The van der Waals surface area contributed by atoms with Crippen LogP contribution in [0.4, 0.5) is 0 Å². The van der Waals surface area contributed by atoms with Gasteiger partial charge in [0.25, 0.3) is 0 Å². The number of nitrogens with zero attached hydrogens (tertiary/aromatic N) is 1. The third kappa shape index (κ3) is 1.38. The monoisotopic (exact) mass is 181 g/mol. The molecule has 0 aliphatic carbocycles. The lowest BCUT2D eigenvalue weighted by Gasteiger charge is -2.36. The van der Waals surface area contributed by atoms with Crippen LogP contribution in [0.5, 0.6) is 5.88 Å². The summed E-state index contributed by atoms with van der Waals surface area (Å²) in [7, 11) is 1.55. The molecule has 2 rings (SSSR count). The van der Waals surface area contributed by atoms with E-state index in [-0.39, 0.29) is 0 Å². The normalized spacial score (nSPS) is 19.2. The summed E-state index contributed by atoms with van der Waals surface area (Å²) in [6.07, 6.45) is 1.62. The van der Waals surface area contributed by atoms with Gasteiger partial charge < -0.3 is 14.6 Å². The summed E-state index contributed by atoms with van der Waals surface area (Å²) in [6, 6.07) is 3.49. The number of hydrogen-bond donors (Lipinski definition) is 1. The van der Waals surface area contributed by atoms with Gasteiger partial charge in [0.2, 0.25) is 5.88 Å². The van der Waals surface area contributed by atoms with E-state index < -0.39 is 5.60 Å². The van der Waals surface area contributed by atoms with E-state index in [9.17, 15) is 5.11 Å². The maximum absolute atomic E-state index is 9.89. The van der Waals surface area contributed by atoms with Crippen LogP contribution in [0.15, 0.2) is 18.3 Å². The number of pyridine rings is 1. The number of aromatic nitrogens is 1. The Balaban J connectivity index is 2.29. The topological polar surface area (TPSA) is 51.6 Å². The molecule has 70 valence electrons. The highest BCUT2D eigenvalue weighted by Gasteiger charge is 2.38. The van der Waals surface area contributed by atoms with Crippen LogP contribution in [0, 0.1) is 0 Å². The Labute approximate surface area is 76.1 Å². The Morgan fingerprint density at radius 1 is 1.62 bits per heavy atom. The number of aliphatic hydroxyl groups is 1. The van der Waals surface area contributed by atoms with Gasteiger partial charge in [0.05, 0.1) is 20.3 Å². The van der Waals surface area contributed by atoms with E-state index in [1.165, 1.54) is 0 Å². The summed E-state index contributed by atoms with van der Waals surface area (Å²) >= 11 is 0. The van der Waals surface area contributed by atoms with E-state index in [1.807, 2.05) is 0 Å². The van der Waals surface area contributed by atoms with E-state index in [4.69, 9.17) is 9.47 Å². The molecule has 1 aliphatic rings. The first-order chi connectivity index (χ1) is 6.24. The Hall–Kier alpha value is -1.13. The van der Waals surface area contributed by atoms with Crippen LogP contribution >= 0.6 is 0 Å². The maximum atomic E-state index is 9.89. The average Bonchev–Trinajstić information content (AvgIpc) is 2.14. The van der Waals surface area contributed by atoms with Crippen LogP contribution < -0.4 is 4.74 Å². The number of rotatable bonds is 2. The molecule has 0 saturated carbocycles. The highest BCUT2D eigenvalue weighted by molar-refractivity contribution is 5.27. The molecule has 0 amide bonds. The summed E-state index contributed by atoms with van der Waals surface area (Å²) in [5, 5.41) is 9.89. The number of methoxy groups -OCH3 is 1. The fourth-order valence-electron chi connectivity index (χ4n) is 1.27. The Morgan fingerprint density at radius 3 is 2.92 bits per heavy atom. The van der Waals surface area contributed by atoms with Crippen molar-refractivity contribution < 1.29 is 14.6 Å². The van der Waals surface area contributed by atoms with Crippen molar-refractivity contribution in [2.24, 2.45) is 0 Å². The molecule has 1 saturated heterocycles. The SMILES string of the molecule is COc1cc(C2(O)COC2)ccn1. The predicted octanol–water partition coefficient (Wildman–Crippen LogP) is 0.308. The minimum absolute atomic E-state index is 0.347. The molecule has 1 aromatic rings. The molecule has 13 heavy (non-hydrogen) atoms. The third-order valence-corrected chi connectivity index (χ3v) is 2.16. The van der Waals surface area contributed by atoms with E-state index in [0.717, 1.165) is 5.56 Å². The highest BCUT2D eigenvalue weighted by Crippen LogP contribution is 2.30. The first-order valence-corrected chi connectivity index (χ1v) is 4.05. The molecular weight excluding hydrogens is 170 g/mol. The first kappa shape index (κ1) is 8.47. The van der Waals surface area contributed by atoms with Gasteiger partial charge in [-0.05, 0) is 11.6 Å². The zero-order valence-electron chi connectivity index (χ0n) is 7.36. The Morgan fingerprint density at radius 2 is 2.38 bits per heavy atom. The standard InChI is InChI=1S/C9H11NO3/c1-12-8-4-7(2-3-10-8)9(11)5-13-6-9/h2-4,11H,5-6H2,1H3. The molecule has 0 bridgehead atoms. The van der Waals surface area contributed by atoms with Gasteiger partial charge in [-0.1, -0.05) is 0 Å². The lowest BCUT2D eigenvalue weighted by atomic mass is 9.93. The molecule has 0 spiro atoms. The summed E-state index contributed by atoms with van der Waals surface area (Å²) in [6.45, 7) is 0.695. The summed E-state index contributed by atoms with van der Waals surface area (Å²) in [4.78, 5) is 3.96. The molecule has 0 aromatic carbocycles. The van der Waals surface area contributed by atoms with E-state index in [0.29, 0.717) is 19.1 Å². The first-order valence-electron chi connectivity index (χ1n) is 4.05. The van der Waals surface area contributed by atoms with Gasteiger partial charge in [-0.15, -0.1) is 0 Å². The minimum atomic E-state index is -0.837. The second-order valence-corrected chi connectivity index (χ2v) is 3.11. The van der Waals surface area contributed by atoms with Gasteiger partial charge in [-0.3, -0.25) is 0 Å². The number of ether oxygens (including phenoxy) is 2. The van der Waals surface area contributed by atoms with Crippen molar-refractivity contribution in [2.75, 3.05) is 20.3 Å². The van der Waals surface area contributed by atoms with Gasteiger partial charge >= 0.3 is 0 Å². The maximum Gasteiger partial charge on any atom is 0.213 e. The van der Waals surface area contributed by atoms with Gasteiger partial charge in [0.1, 0.15) is 5.60 Å². The van der Waals surface area contributed by atoms with Crippen LogP contribution in [-0.4, -0.2) is 30.4 Å². The lowest BCUT2D eigenvalue weighted by molar-refractivity contribution is -0.184. The van der Waals surface area contributed by atoms with Crippen molar-refractivity contribution in [2.45, 2.75) is 5.60 Å². The largest absolute Gasteiger partial charge is 0.481 e. The predicted molar refractivity (Wildman–Crippen MR) is 45.5 cm³/mol. The molecule has 1 aromatic heterocycles. The zero-order chi connectivity index (χ0) is 9.31. The minimum Gasteiger partial charge on any atom is -0.481 e. The van der Waals surface area contributed by atoms with Crippen LogP contribution in [0.1, 0.15) is 5.56 Å². The molecule has 0 radical (unpaired) electrons. The van der Waals surface area contributed by atoms with Crippen LogP contribution in [0.2, 0.25) is 0 Å². The van der Waals surface area contributed by atoms with Gasteiger partial charge in [-0.2, -0.15) is 0 Å². The van der Waals surface area contributed by atoms with Crippen LogP contribution in [-0.2, 0) is 10.3 Å². The molecule has 1 aliphatic heterocycles. The molecule has 0 atom stereocenters. The summed E-state index contributed by atoms with van der Waals surface area (Å²) in [5.74, 6) is 0.512. The highest BCUT2D eigenvalue weighted by atomic mass is 16.5. The second kappa shape index (κ2) is 2.97. The molecule has 2 heterocycles. The number of hydrogen-bond acceptors (Lipinski definition) is 4. The average molecular weight is 181 g/mol. The lowest BCUT2D eigenvalue weighted by Crippen LogP contribution is -2.46. The Bertz CT molecular complexity index is 309. The van der Waals surface area contributed by atoms with Crippen molar-refractivity contribution in [1.29, 1.82) is 0 Å². The third-order valence-electron chi connectivity index (χ3n) is 2.16. The van der Waals surface area contributed by atoms with Crippen molar-refractivity contribution in [3.05, 3.63) is 23.9 Å². The van der Waals surface area contributed by atoms with Gasteiger partial charge in [-0.25, -0.2) is 4.98 Å². The fourth-order valence-corrected chi connectivity index (χ4v) is 1.27. The molecule has 0 unspecified atom stereocenters. The molecule has 4 nitrogen and oxygen atoms in total. The summed E-state index contributed by atoms with van der Waals surface area (Å²) in [5.41, 5.74) is -0.0402. The van der Waals surface area contributed by atoms with Crippen LogP contribution in [0.3, 0.4) is 0 Å². The van der Waals surface area contributed by atoms with E-state index >= 15 is 0 Å². The molecular formula is C9H11NO3. The second-order valence-electron chi connectivity index (χ2n) is 3.11. The van der Waals surface area contributed by atoms with Crippen molar-refractivity contribution >= 4 is 0 Å².